The van der Waals surface area contributed by atoms with Gasteiger partial charge in [0.1, 0.15) is 0 Å². The molecule has 0 spiro atoms. The summed E-state index contributed by atoms with van der Waals surface area (Å²) in [5.41, 5.74) is 2.18. The lowest BCUT2D eigenvalue weighted by Crippen LogP contribution is -2.35. The summed E-state index contributed by atoms with van der Waals surface area (Å²) in [5.74, 6) is 0.0893. The molecule has 0 aromatic heterocycles. The molecule has 0 aliphatic carbocycles. The van der Waals surface area contributed by atoms with Crippen molar-refractivity contribution in [1.82, 2.24) is 5.32 Å². The van der Waals surface area contributed by atoms with Gasteiger partial charge in [0, 0.05) is 18.7 Å². The summed E-state index contributed by atoms with van der Waals surface area (Å²) >= 11 is 0. The molecule has 0 amide bonds. The monoisotopic (exact) mass is 295 g/mol. The van der Waals surface area contributed by atoms with E-state index in [1.807, 2.05) is 31.2 Å². The second-order valence-electron chi connectivity index (χ2n) is 5.20. The van der Waals surface area contributed by atoms with Crippen molar-refractivity contribution in [1.29, 1.82) is 0 Å². The molecule has 1 atom stereocenters. The van der Waals surface area contributed by atoms with E-state index in [0.29, 0.717) is 6.42 Å². The fourth-order valence-electron chi connectivity index (χ4n) is 2.61. The summed E-state index contributed by atoms with van der Waals surface area (Å²) in [6, 6.07) is 7.52. The van der Waals surface area contributed by atoms with E-state index in [-0.39, 0.29) is 29.8 Å². The molecule has 1 aliphatic rings. The zero-order chi connectivity index (χ0) is 14.6. The number of rotatable bonds is 6. The van der Waals surface area contributed by atoms with Gasteiger partial charge < -0.3 is 5.32 Å². The molecule has 4 nitrogen and oxygen atoms in total. The second kappa shape index (κ2) is 6.50. The number of hydrogen-bond acceptors (Lipinski definition) is 4. The Bertz CT molecular complexity index is 581. The first-order valence-electron chi connectivity index (χ1n) is 7.08. The van der Waals surface area contributed by atoms with Gasteiger partial charge in [-0.25, -0.2) is 8.42 Å². The van der Waals surface area contributed by atoms with Crippen molar-refractivity contribution in [3.8, 4) is 0 Å². The smallest absolute Gasteiger partial charge is 0.155 e. The number of benzene rings is 1. The molecule has 20 heavy (non-hydrogen) atoms. The van der Waals surface area contributed by atoms with Crippen molar-refractivity contribution in [2.75, 3.05) is 18.1 Å². The molecule has 0 saturated carbocycles. The van der Waals surface area contributed by atoms with Crippen LogP contribution in [-0.4, -0.2) is 32.3 Å². The Hall–Kier alpha value is -1.20. The van der Waals surface area contributed by atoms with Gasteiger partial charge >= 0.3 is 0 Å². The van der Waals surface area contributed by atoms with E-state index in [9.17, 15) is 13.2 Å². The van der Waals surface area contributed by atoms with Crippen molar-refractivity contribution in [2.45, 2.75) is 32.2 Å². The van der Waals surface area contributed by atoms with Gasteiger partial charge in [-0.3, -0.25) is 4.79 Å². The van der Waals surface area contributed by atoms with Crippen molar-refractivity contribution in [2.24, 2.45) is 0 Å². The van der Waals surface area contributed by atoms with E-state index >= 15 is 0 Å². The molecule has 1 unspecified atom stereocenters. The van der Waals surface area contributed by atoms with Crippen LogP contribution >= 0.6 is 0 Å². The van der Waals surface area contributed by atoms with Crippen molar-refractivity contribution < 1.29 is 13.2 Å². The Morgan fingerprint density at radius 2 is 2.05 bits per heavy atom. The second-order valence-corrected chi connectivity index (χ2v) is 7.51. The number of Topliss-reactive ketones (excluding diaryl/α,β-unsaturated/α-hetero) is 1. The summed E-state index contributed by atoms with van der Waals surface area (Å²) in [7, 11) is -3.09. The predicted octanol–water partition coefficient (Wildman–Crippen LogP) is 1.66. The molecule has 1 aliphatic heterocycles. The molecule has 2 rings (SSSR count). The van der Waals surface area contributed by atoms with Gasteiger partial charge in [-0.2, -0.15) is 0 Å². The Morgan fingerprint density at radius 1 is 1.30 bits per heavy atom. The van der Waals surface area contributed by atoms with Gasteiger partial charge in [0.15, 0.2) is 15.6 Å². The number of hydrogen-bond donors (Lipinski definition) is 1. The van der Waals surface area contributed by atoms with Crippen LogP contribution in [0, 0.1) is 0 Å². The van der Waals surface area contributed by atoms with Crippen LogP contribution in [0.3, 0.4) is 0 Å². The molecule has 110 valence electrons. The maximum Gasteiger partial charge on any atom is 0.155 e. The zero-order valence-corrected chi connectivity index (χ0v) is 12.6. The first-order chi connectivity index (χ1) is 9.53. The summed E-state index contributed by atoms with van der Waals surface area (Å²) in [5, 5.41) is 3.20. The van der Waals surface area contributed by atoms with Crippen molar-refractivity contribution in [3.05, 3.63) is 35.4 Å². The van der Waals surface area contributed by atoms with Crippen LogP contribution in [0.2, 0.25) is 0 Å². The van der Waals surface area contributed by atoms with Gasteiger partial charge in [0.05, 0.1) is 11.8 Å². The molecule has 1 aromatic carbocycles. The van der Waals surface area contributed by atoms with Crippen molar-refractivity contribution >= 4 is 15.6 Å². The lowest BCUT2D eigenvalue weighted by Gasteiger charge is -2.25. The van der Waals surface area contributed by atoms with Crippen molar-refractivity contribution in [3.63, 3.8) is 0 Å². The maximum atomic E-state index is 12.3. The lowest BCUT2D eigenvalue weighted by molar-refractivity contribution is -0.121. The molecule has 1 aromatic rings. The van der Waals surface area contributed by atoms with E-state index in [1.165, 1.54) is 5.56 Å². The minimum absolute atomic E-state index is 0.0307. The highest BCUT2D eigenvalue weighted by atomic mass is 32.2. The minimum Gasteiger partial charge on any atom is -0.303 e. The van der Waals surface area contributed by atoms with Crippen LogP contribution in [0.15, 0.2) is 24.3 Å². The molecule has 0 radical (unpaired) electrons. The predicted molar refractivity (Wildman–Crippen MR) is 79.5 cm³/mol. The number of carbonyl (C=O) groups excluding carboxylic acids is 1. The highest BCUT2D eigenvalue weighted by molar-refractivity contribution is 7.91. The van der Waals surface area contributed by atoms with E-state index in [4.69, 9.17) is 0 Å². The third-order valence-corrected chi connectivity index (χ3v) is 5.46. The van der Waals surface area contributed by atoms with Gasteiger partial charge in [0.2, 0.25) is 0 Å². The Labute approximate surface area is 120 Å². The number of ketones is 1. The SMILES string of the molecule is CCCS(=O)(=O)CCC(=O)C1NCCc2ccccc21. The van der Waals surface area contributed by atoms with Crippen LogP contribution in [0.4, 0.5) is 0 Å². The molecule has 1 heterocycles. The van der Waals surface area contributed by atoms with Gasteiger partial charge in [-0.05, 0) is 24.0 Å². The third kappa shape index (κ3) is 3.67. The van der Waals surface area contributed by atoms with Crippen LogP contribution < -0.4 is 5.32 Å². The maximum absolute atomic E-state index is 12.3. The summed E-state index contributed by atoms with van der Waals surface area (Å²) in [6.07, 6.45) is 1.60. The first kappa shape index (κ1) is 15.2. The van der Waals surface area contributed by atoms with Crippen LogP contribution in [0.1, 0.15) is 36.9 Å². The van der Waals surface area contributed by atoms with E-state index in [1.54, 1.807) is 0 Å². The fourth-order valence-corrected chi connectivity index (χ4v) is 3.94. The molecule has 0 fully saturated rings. The molecule has 0 bridgehead atoms. The topological polar surface area (TPSA) is 63.2 Å². The van der Waals surface area contributed by atoms with Crippen LogP contribution in [0.25, 0.3) is 0 Å². The summed E-state index contributed by atoms with van der Waals surface area (Å²) < 4.78 is 23.4. The number of fused-ring (bicyclic) bond motifs is 1. The molecule has 5 heteroatoms. The van der Waals surface area contributed by atoms with E-state index in [2.05, 4.69) is 5.32 Å². The number of sulfone groups is 1. The Kier molecular flexibility index (Phi) is 4.94. The van der Waals surface area contributed by atoms with E-state index in [0.717, 1.165) is 18.5 Å². The first-order valence-corrected chi connectivity index (χ1v) is 8.90. The molecular weight excluding hydrogens is 274 g/mol. The fraction of sp³-hybridized carbons (Fsp3) is 0.533. The summed E-state index contributed by atoms with van der Waals surface area (Å²) in [4.78, 5) is 12.3. The standard InChI is InChI=1S/C15H21NO3S/c1-2-10-20(18,19)11-8-14(17)15-13-6-4-3-5-12(13)7-9-16-15/h3-6,15-16H,2,7-11H2,1H3. The van der Waals surface area contributed by atoms with Gasteiger partial charge in [0.25, 0.3) is 0 Å². The third-order valence-electron chi connectivity index (χ3n) is 3.61. The molecule has 0 saturated heterocycles. The van der Waals surface area contributed by atoms with E-state index < -0.39 is 9.84 Å². The lowest BCUT2D eigenvalue weighted by atomic mass is 9.91. The normalized spacial score (nSPS) is 18.6. The average molecular weight is 295 g/mol. The number of nitrogens with one attached hydrogen (secondary N) is 1. The number of carbonyl (C=O) groups is 1. The summed E-state index contributed by atoms with van der Waals surface area (Å²) in [6.45, 7) is 2.59. The van der Waals surface area contributed by atoms with Crippen LogP contribution in [-0.2, 0) is 21.1 Å². The van der Waals surface area contributed by atoms with Gasteiger partial charge in [-0.15, -0.1) is 0 Å². The Balaban J connectivity index is 2.04. The van der Waals surface area contributed by atoms with Crippen LogP contribution in [0.5, 0.6) is 0 Å². The molecular formula is C15H21NO3S. The highest BCUT2D eigenvalue weighted by Crippen LogP contribution is 2.24. The quantitative estimate of drug-likeness (QED) is 0.867. The average Bonchev–Trinajstić information content (AvgIpc) is 2.44. The minimum atomic E-state index is -3.09. The van der Waals surface area contributed by atoms with Gasteiger partial charge in [-0.1, -0.05) is 31.2 Å². The largest absolute Gasteiger partial charge is 0.303 e. The zero-order valence-electron chi connectivity index (χ0n) is 11.8. The molecule has 1 N–H and O–H groups in total. The Morgan fingerprint density at radius 3 is 2.80 bits per heavy atom. The highest BCUT2D eigenvalue weighted by Gasteiger charge is 2.26.